The molecule has 1 aliphatic rings. The Labute approximate surface area is 98.4 Å². The first-order valence-corrected chi connectivity index (χ1v) is 6.42. The quantitative estimate of drug-likeness (QED) is 0.811. The van der Waals surface area contributed by atoms with Gasteiger partial charge in [-0.05, 0) is 37.9 Å². The molecular weight excluding hydrogens is 196 g/mol. The molecule has 1 heterocycles. The summed E-state index contributed by atoms with van der Waals surface area (Å²) in [7, 11) is 0. The van der Waals surface area contributed by atoms with Crippen molar-refractivity contribution in [1.29, 1.82) is 0 Å². The lowest BCUT2D eigenvalue weighted by atomic mass is 10.0. The molecular formula is C14H22N2. The smallest absolute Gasteiger partial charge is 0.0320 e. The van der Waals surface area contributed by atoms with E-state index in [0.717, 1.165) is 19.5 Å². The number of rotatable bonds is 4. The Morgan fingerprint density at radius 1 is 1.25 bits per heavy atom. The third-order valence-electron chi connectivity index (χ3n) is 3.39. The molecule has 1 atom stereocenters. The van der Waals surface area contributed by atoms with E-state index in [4.69, 9.17) is 0 Å². The van der Waals surface area contributed by atoms with Crippen LogP contribution in [0.15, 0.2) is 30.3 Å². The predicted molar refractivity (Wildman–Crippen MR) is 68.5 cm³/mol. The second kappa shape index (κ2) is 6.02. The molecule has 1 aromatic rings. The Morgan fingerprint density at radius 2 is 1.94 bits per heavy atom. The summed E-state index contributed by atoms with van der Waals surface area (Å²) in [4.78, 5) is 0. The lowest BCUT2D eigenvalue weighted by Gasteiger charge is -2.28. The molecule has 2 nitrogen and oxygen atoms in total. The van der Waals surface area contributed by atoms with Crippen molar-refractivity contribution in [3.63, 3.8) is 0 Å². The molecule has 1 saturated heterocycles. The molecule has 1 aromatic carbocycles. The highest BCUT2D eigenvalue weighted by atomic mass is 15.0. The van der Waals surface area contributed by atoms with Crippen LogP contribution in [0.5, 0.6) is 0 Å². The van der Waals surface area contributed by atoms with E-state index in [2.05, 4.69) is 47.9 Å². The van der Waals surface area contributed by atoms with Crippen molar-refractivity contribution in [1.82, 2.24) is 10.6 Å². The van der Waals surface area contributed by atoms with Crippen LogP contribution in [0.2, 0.25) is 0 Å². The molecule has 88 valence electrons. The summed E-state index contributed by atoms with van der Waals surface area (Å²) in [5.74, 6) is 0. The van der Waals surface area contributed by atoms with E-state index in [9.17, 15) is 0 Å². The van der Waals surface area contributed by atoms with Crippen LogP contribution >= 0.6 is 0 Å². The Kier molecular flexibility index (Phi) is 4.37. The molecule has 1 unspecified atom stereocenters. The van der Waals surface area contributed by atoms with Crippen molar-refractivity contribution in [2.75, 3.05) is 13.1 Å². The zero-order valence-corrected chi connectivity index (χ0v) is 10.1. The molecule has 0 radical (unpaired) electrons. The molecule has 0 aromatic heterocycles. The van der Waals surface area contributed by atoms with Gasteiger partial charge in [-0.2, -0.15) is 0 Å². The van der Waals surface area contributed by atoms with Crippen molar-refractivity contribution < 1.29 is 0 Å². The zero-order valence-electron chi connectivity index (χ0n) is 10.1. The van der Waals surface area contributed by atoms with E-state index in [1.54, 1.807) is 0 Å². The van der Waals surface area contributed by atoms with E-state index in [1.807, 2.05) is 0 Å². The molecule has 2 N–H and O–H groups in total. The summed E-state index contributed by atoms with van der Waals surface area (Å²) in [5.41, 5.74) is 1.42. The van der Waals surface area contributed by atoms with Crippen molar-refractivity contribution in [3.8, 4) is 0 Å². The van der Waals surface area contributed by atoms with Gasteiger partial charge < -0.3 is 10.6 Å². The Hall–Kier alpha value is -0.860. The van der Waals surface area contributed by atoms with Gasteiger partial charge in [-0.25, -0.2) is 0 Å². The van der Waals surface area contributed by atoms with E-state index in [0.29, 0.717) is 12.1 Å². The molecule has 2 rings (SSSR count). The highest BCUT2D eigenvalue weighted by molar-refractivity contribution is 5.18. The third kappa shape index (κ3) is 3.06. The summed E-state index contributed by atoms with van der Waals surface area (Å²) in [5, 5.41) is 7.19. The van der Waals surface area contributed by atoms with Crippen LogP contribution in [0.25, 0.3) is 0 Å². The van der Waals surface area contributed by atoms with Gasteiger partial charge in [0, 0.05) is 12.1 Å². The van der Waals surface area contributed by atoms with Gasteiger partial charge >= 0.3 is 0 Å². The molecule has 0 saturated carbocycles. The minimum Gasteiger partial charge on any atom is -0.317 e. The average molecular weight is 218 g/mol. The third-order valence-corrected chi connectivity index (χ3v) is 3.39. The van der Waals surface area contributed by atoms with Crippen LogP contribution < -0.4 is 10.6 Å². The van der Waals surface area contributed by atoms with Crippen LogP contribution in [0.1, 0.15) is 37.8 Å². The number of piperidine rings is 1. The SMILES string of the molecule is CCC(NC1CCNCC1)c1ccccc1. The Bertz CT molecular complexity index is 291. The number of hydrogen-bond acceptors (Lipinski definition) is 2. The number of benzene rings is 1. The monoisotopic (exact) mass is 218 g/mol. The van der Waals surface area contributed by atoms with Gasteiger partial charge in [0.1, 0.15) is 0 Å². The maximum absolute atomic E-state index is 3.78. The molecule has 16 heavy (non-hydrogen) atoms. The number of hydrogen-bond donors (Lipinski definition) is 2. The number of nitrogens with one attached hydrogen (secondary N) is 2. The van der Waals surface area contributed by atoms with Gasteiger partial charge in [-0.1, -0.05) is 37.3 Å². The van der Waals surface area contributed by atoms with E-state index in [-0.39, 0.29) is 0 Å². The second-order valence-corrected chi connectivity index (χ2v) is 4.56. The molecule has 0 aliphatic carbocycles. The van der Waals surface area contributed by atoms with E-state index >= 15 is 0 Å². The van der Waals surface area contributed by atoms with Gasteiger partial charge in [-0.15, -0.1) is 0 Å². The van der Waals surface area contributed by atoms with Crippen molar-refractivity contribution in [2.45, 2.75) is 38.3 Å². The lowest BCUT2D eigenvalue weighted by molar-refractivity contribution is 0.345. The van der Waals surface area contributed by atoms with Gasteiger partial charge in [0.2, 0.25) is 0 Å². The first kappa shape index (κ1) is 11.6. The minimum absolute atomic E-state index is 0.518. The summed E-state index contributed by atoms with van der Waals surface area (Å²) in [6, 6.07) is 12.0. The van der Waals surface area contributed by atoms with Crippen LogP contribution in [0.4, 0.5) is 0 Å². The van der Waals surface area contributed by atoms with E-state index in [1.165, 1.54) is 18.4 Å². The fourth-order valence-corrected chi connectivity index (χ4v) is 2.41. The van der Waals surface area contributed by atoms with Crippen LogP contribution in [0.3, 0.4) is 0 Å². The fourth-order valence-electron chi connectivity index (χ4n) is 2.41. The Balaban J connectivity index is 1.94. The van der Waals surface area contributed by atoms with Crippen LogP contribution in [-0.2, 0) is 0 Å². The molecule has 2 heteroatoms. The summed E-state index contributed by atoms with van der Waals surface area (Å²) < 4.78 is 0. The zero-order chi connectivity index (χ0) is 11.2. The normalized spacial score (nSPS) is 19.6. The van der Waals surface area contributed by atoms with Crippen LogP contribution in [0, 0.1) is 0 Å². The maximum atomic E-state index is 3.78. The summed E-state index contributed by atoms with van der Waals surface area (Å²) in [6.07, 6.45) is 3.67. The summed E-state index contributed by atoms with van der Waals surface area (Å²) >= 11 is 0. The fraction of sp³-hybridized carbons (Fsp3) is 0.571. The Morgan fingerprint density at radius 3 is 2.56 bits per heavy atom. The van der Waals surface area contributed by atoms with Crippen LogP contribution in [-0.4, -0.2) is 19.1 Å². The van der Waals surface area contributed by atoms with Gasteiger partial charge in [0.25, 0.3) is 0 Å². The average Bonchev–Trinajstić information content (AvgIpc) is 2.38. The standard InChI is InChI=1S/C14H22N2/c1-2-14(12-6-4-3-5-7-12)16-13-8-10-15-11-9-13/h3-7,13-16H,2,8-11H2,1H3. The van der Waals surface area contributed by atoms with E-state index < -0.39 is 0 Å². The molecule has 1 aliphatic heterocycles. The highest BCUT2D eigenvalue weighted by Gasteiger charge is 2.17. The van der Waals surface area contributed by atoms with Crippen molar-refractivity contribution in [3.05, 3.63) is 35.9 Å². The lowest BCUT2D eigenvalue weighted by Crippen LogP contribution is -2.41. The van der Waals surface area contributed by atoms with Gasteiger partial charge in [0.05, 0.1) is 0 Å². The first-order valence-electron chi connectivity index (χ1n) is 6.42. The predicted octanol–water partition coefficient (Wildman–Crippen LogP) is 2.48. The topological polar surface area (TPSA) is 24.1 Å². The highest BCUT2D eigenvalue weighted by Crippen LogP contribution is 2.18. The second-order valence-electron chi connectivity index (χ2n) is 4.56. The first-order chi connectivity index (χ1) is 7.90. The minimum atomic E-state index is 0.518. The summed E-state index contributed by atoms with van der Waals surface area (Å²) in [6.45, 7) is 4.57. The van der Waals surface area contributed by atoms with Crippen molar-refractivity contribution >= 4 is 0 Å². The molecule has 1 fully saturated rings. The molecule has 0 spiro atoms. The van der Waals surface area contributed by atoms with Gasteiger partial charge in [-0.3, -0.25) is 0 Å². The molecule has 0 bridgehead atoms. The van der Waals surface area contributed by atoms with Gasteiger partial charge in [0.15, 0.2) is 0 Å². The largest absolute Gasteiger partial charge is 0.317 e. The maximum Gasteiger partial charge on any atom is 0.0320 e. The van der Waals surface area contributed by atoms with Crippen molar-refractivity contribution in [2.24, 2.45) is 0 Å². The molecule has 0 amide bonds.